The van der Waals surface area contributed by atoms with Crippen molar-refractivity contribution in [2.24, 2.45) is 0 Å². The molecule has 0 bridgehead atoms. The lowest BCUT2D eigenvalue weighted by atomic mass is 10.2. The number of rotatable bonds is 8. The number of nitrogens with zero attached hydrogens (tertiary/aromatic N) is 2. The van der Waals surface area contributed by atoms with Crippen LogP contribution in [0.25, 0.3) is 10.9 Å². The molecule has 0 fully saturated rings. The van der Waals surface area contributed by atoms with Crippen molar-refractivity contribution in [2.45, 2.75) is 11.7 Å². The van der Waals surface area contributed by atoms with Gasteiger partial charge in [-0.2, -0.15) is 0 Å². The summed E-state index contributed by atoms with van der Waals surface area (Å²) in [6, 6.07) is 5.36. The number of carbonyl (C=O) groups is 1. The van der Waals surface area contributed by atoms with Gasteiger partial charge < -0.3 is 10.1 Å². The zero-order valence-electron chi connectivity index (χ0n) is 13.3. The van der Waals surface area contributed by atoms with Crippen molar-refractivity contribution in [3.63, 3.8) is 0 Å². The summed E-state index contributed by atoms with van der Waals surface area (Å²) in [6.07, 6.45) is 1.61. The maximum Gasteiger partial charge on any atom is 0.262 e. The number of ether oxygens (including phenoxy) is 1. The van der Waals surface area contributed by atoms with Gasteiger partial charge in [-0.15, -0.1) is 6.58 Å². The third-order valence-corrected chi connectivity index (χ3v) is 4.65. The number of hydrogen-bond acceptors (Lipinski definition) is 5. The predicted molar refractivity (Wildman–Crippen MR) is 99.5 cm³/mol. The normalized spacial score (nSPS) is 10.8. The number of hydrogen-bond donors (Lipinski definition) is 1. The van der Waals surface area contributed by atoms with Crippen LogP contribution in [0.3, 0.4) is 0 Å². The van der Waals surface area contributed by atoms with E-state index >= 15 is 0 Å². The highest BCUT2D eigenvalue weighted by atomic mass is 79.9. The number of nitrogens with one attached hydrogen (secondary N) is 1. The van der Waals surface area contributed by atoms with Gasteiger partial charge in [0, 0.05) is 18.1 Å². The van der Waals surface area contributed by atoms with Crippen molar-refractivity contribution in [1.29, 1.82) is 0 Å². The van der Waals surface area contributed by atoms with Crippen LogP contribution in [-0.4, -0.2) is 41.5 Å². The van der Waals surface area contributed by atoms with Crippen LogP contribution in [0.2, 0.25) is 0 Å². The monoisotopic (exact) mass is 411 g/mol. The summed E-state index contributed by atoms with van der Waals surface area (Å²) in [5.41, 5.74) is 0.457. The molecule has 0 atom stereocenters. The highest BCUT2D eigenvalue weighted by Gasteiger charge is 2.13. The molecular formula is C16H18BrN3O3S. The number of carbonyl (C=O) groups excluding carboxylic acids is 1. The molecule has 0 saturated carbocycles. The third kappa shape index (κ3) is 4.68. The van der Waals surface area contributed by atoms with Crippen molar-refractivity contribution in [3.8, 4) is 0 Å². The first-order valence-corrected chi connectivity index (χ1v) is 9.04. The molecule has 8 heteroatoms. The summed E-state index contributed by atoms with van der Waals surface area (Å²) < 4.78 is 7.44. The summed E-state index contributed by atoms with van der Waals surface area (Å²) in [6.45, 7) is 4.73. The maximum absolute atomic E-state index is 12.7. The SMILES string of the molecule is C=CCNC(=O)CSc1nc2ccc(Br)cc2c(=O)n1CCOC. The molecule has 1 heterocycles. The van der Waals surface area contributed by atoms with Crippen LogP contribution in [0.15, 0.2) is 45.3 Å². The lowest BCUT2D eigenvalue weighted by molar-refractivity contribution is -0.118. The number of amides is 1. The minimum Gasteiger partial charge on any atom is -0.383 e. The van der Waals surface area contributed by atoms with Crippen LogP contribution in [0.1, 0.15) is 0 Å². The van der Waals surface area contributed by atoms with Gasteiger partial charge in [-0.3, -0.25) is 14.2 Å². The van der Waals surface area contributed by atoms with Crippen LogP contribution in [-0.2, 0) is 16.1 Å². The number of fused-ring (bicyclic) bond motifs is 1. The van der Waals surface area contributed by atoms with E-state index < -0.39 is 0 Å². The second kappa shape index (κ2) is 9.00. The van der Waals surface area contributed by atoms with Crippen LogP contribution >= 0.6 is 27.7 Å². The van der Waals surface area contributed by atoms with Gasteiger partial charge >= 0.3 is 0 Å². The Labute approximate surface area is 152 Å². The van der Waals surface area contributed by atoms with E-state index in [0.29, 0.717) is 35.8 Å². The molecule has 0 aliphatic heterocycles. The van der Waals surface area contributed by atoms with E-state index in [0.717, 1.165) is 4.47 Å². The van der Waals surface area contributed by atoms with Crippen LogP contribution < -0.4 is 10.9 Å². The summed E-state index contributed by atoms with van der Waals surface area (Å²) in [7, 11) is 1.58. The smallest absolute Gasteiger partial charge is 0.262 e. The van der Waals surface area contributed by atoms with E-state index in [2.05, 4.69) is 32.8 Å². The lowest BCUT2D eigenvalue weighted by Gasteiger charge is -2.12. The van der Waals surface area contributed by atoms with E-state index in [-0.39, 0.29) is 17.2 Å². The van der Waals surface area contributed by atoms with E-state index in [1.165, 1.54) is 11.8 Å². The lowest BCUT2D eigenvalue weighted by Crippen LogP contribution is -2.28. The van der Waals surface area contributed by atoms with Crippen molar-refractivity contribution < 1.29 is 9.53 Å². The van der Waals surface area contributed by atoms with E-state index in [1.807, 2.05) is 6.07 Å². The Kier molecular flexibility index (Phi) is 7.01. The summed E-state index contributed by atoms with van der Waals surface area (Å²) in [5, 5.41) is 3.73. The Balaban J connectivity index is 2.35. The van der Waals surface area contributed by atoms with Gasteiger partial charge in [-0.25, -0.2) is 4.98 Å². The van der Waals surface area contributed by atoms with Gasteiger partial charge in [0.05, 0.1) is 29.8 Å². The molecule has 2 rings (SSSR count). The number of thioether (sulfide) groups is 1. The van der Waals surface area contributed by atoms with E-state index in [1.54, 1.807) is 29.9 Å². The Bertz CT molecular complexity index is 807. The number of methoxy groups -OCH3 is 1. The molecule has 6 nitrogen and oxygen atoms in total. The van der Waals surface area contributed by atoms with Crippen LogP contribution in [0, 0.1) is 0 Å². The van der Waals surface area contributed by atoms with Crippen LogP contribution in [0.4, 0.5) is 0 Å². The number of benzene rings is 1. The standard InChI is InChI=1S/C16H18BrN3O3S/c1-3-6-18-14(21)10-24-16-19-13-5-4-11(17)9-12(13)15(22)20(16)7-8-23-2/h3-5,9H,1,6-8,10H2,2H3,(H,18,21). The summed E-state index contributed by atoms with van der Waals surface area (Å²) in [5.74, 6) is 0.0401. The minimum atomic E-state index is -0.146. The molecule has 24 heavy (non-hydrogen) atoms. The average molecular weight is 412 g/mol. The highest BCUT2D eigenvalue weighted by molar-refractivity contribution is 9.10. The molecule has 2 aromatic rings. The molecule has 0 radical (unpaired) electrons. The van der Waals surface area contributed by atoms with Gasteiger partial charge in [0.2, 0.25) is 5.91 Å². The fraction of sp³-hybridized carbons (Fsp3) is 0.312. The zero-order chi connectivity index (χ0) is 17.5. The molecule has 0 aliphatic rings. The Hall–Kier alpha value is -1.64. The second-order valence-corrected chi connectivity index (χ2v) is 6.75. The zero-order valence-corrected chi connectivity index (χ0v) is 15.7. The van der Waals surface area contributed by atoms with Gasteiger partial charge in [-0.05, 0) is 18.2 Å². The fourth-order valence-electron chi connectivity index (χ4n) is 2.03. The molecule has 1 N–H and O–H groups in total. The Morgan fingerprint density at radius 1 is 1.54 bits per heavy atom. The first-order chi connectivity index (χ1) is 11.6. The van der Waals surface area contributed by atoms with Gasteiger partial charge in [0.1, 0.15) is 0 Å². The Morgan fingerprint density at radius 2 is 2.33 bits per heavy atom. The molecular weight excluding hydrogens is 394 g/mol. The highest BCUT2D eigenvalue weighted by Crippen LogP contribution is 2.20. The molecule has 0 unspecified atom stereocenters. The van der Waals surface area contributed by atoms with E-state index in [4.69, 9.17) is 4.74 Å². The third-order valence-electron chi connectivity index (χ3n) is 3.18. The largest absolute Gasteiger partial charge is 0.383 e. The van der Waals surface area contributed by atoms with Gasteiger partial charge in [-0.1, -0.05) is 33.8 Å². The van der Waals surface area contributed by atoms with Crippen molar-refractivity contribution in [3.05, 3.63) is 45.7 Å². The second-order valence-electron chi connectivity index (χ2n) is 4.89. The van der Waals surface area contributed by atoms with E-state index in [9.17, 15) is 9.59 Å². The fourth-order valence-corrected chi connectivity index (χ4v) is 3.25. The van der Waals surface area contributed by atoms with Gasteiger partial charge in [0.25, 0.3) is 5.56 Å². The predicted octanol–water partition coefficient (Wildman–Crippen LogP) is 2.20. The van der Waals surface area contributed by atoms with Crippen LogP contribution in [0.5, 0.6) is 0 Å². The maximum atomic E-state index is 12.7. The van der Waals surface area contributed by atoms with Crippen molar-refractivity contribution in [1.82, 2.24) is 14.9 Å². The summed E-state index contributed by atoms with van der Waals surface area (Å²) >= 11 is 4.60. The molecule has 0 aliphatic carbocycles. The molecule has 0 spiro atoms. The molecule has 1 aromatic carbocycles. The van der Waals surface area contributed by atoms with Gasteiger partial charge in [0.15, 0.2) is 5.16 Å². The summed E-state index contributed by atoms with van der Waals surface area (Å²) in [4.78, 5) is 29.0. The average Bonchev–Trinajstić information content (AvgIpc) is 2.58. The number of halogens is 1. The first kappa shape index (κ1) is 18.7. The molecule has 1 aromatic heterocycles. The Morgan fingerprint density at radius 3 is 3.04 bits per heavy atom. The number of aromatic nitrogens is 2. The molecule has 0 saturated heterocycles. The quantitative estimate of drug-likeness (QED) is 0.409. The minimum absolute atomic E-state index is 0.136. The van der Waals surface area contributed by atoms with Crippen molar-refractivity contribution >= 4 is 44.5 Å². The molecule has 1 amide bonds. The first-order valence-electron chi connectivity index (χ1n) is 7.26. The van der Waals surface area contributed by atoms with Crippen molar-refractivity contribution in [2.75, 3.05) is 26.0 Å². The molecule has 128 valence electrons. The topological polar surface area (TPSA) is 73.2 Å².